The van der Waals surface area contributed by atoms with Crippen molar-refractivity contribution in [1.29, 1.82) is 0 Å². The second-order valence-electron chi connectivity index (χ2n) is 5.35. The summed E-state index contributed by atoms with van der Waals surface area (Å²) < 4.78 is 0. The molecule has 1 aromatic carbocycles. The van der Waals surface area contributed by atoms with Crippen LogP contribution in [0.1, 0.15) is 45.2 Å². The van der Waals surface area contributed by atoms with Crippen molar-refractivity contribution in [2.45, 2.75) is 51.5 Å². The number of hydrogen-bond acceptors (Lipinski definition) is 1. The van der Waals surface area contributed by atoms with Crippen molar-refractivity contribution in [1.82, 2.24) is 0 Å². The van der Waals surface area contributed by atoms with Crippen molar-refractivity contribution < 1.29 is 0 Å². The predicted octanol–water partition coefficient (Wildman–Crippen LogP) is 4.32. The van der Waals surface area contributed by atoms with E-state index in [1.165, 1.54) is 17.5 Å². The highest BCUT2D eigenvalue weighted by Gasteiger charge is 2.62. The van der Waals surface area contributed by atoms with Crippen LogP contribution >= 0.6 is 0 Å². The topological polar surface area (TPSA) is 12.4 Å². The third kappa shape index (κ3) is 1.92. The summed E-state index contributed by atoms with van der Waals surface area (Å²) in [5.74, 6) is 0. The molecule has 2 unspecified atom stereocenters. The number of benzene rings is 1. The maximum atomic E-state index is 4.71. The Kier molecular flexibility index (Phi) is 3.43. The minimum absolute atomic E-state index is 0.109. The van der Waals surface area contributed by atoms with Gasteiger partial charge in [-0.3, -0.25) is 4.99 Å². The molecule has 1 aliphatic carbocycles. The van der Waals surface area contributed by atoms with Gasteiger partial charge in [0.05, 0.1) is 5.54 Å². The van der Waals surface area contributed by atoms with E-state index in [-0.39, 0.29) is 11.0 Å². The fourth-order valence-corrected chi connectivity index (χ4v) is 2.92. The molecule has 1 saturated carbocycles. The van der Waals surface area contributed by atoms with E-state index in [9.17, 15) is 0 Å². The Labute approximate surface area is 111 Å². The Hall–Kier alpha value is -1.37. The van der Waals surface area contributed by atoms with E-state index in [2.05, 4.69) is 50.3 Å². The van der Waals surface area contributed by atoms with Crippen LogP contribution in [-0.2, 0) is 11.8 Å². The molecule has 0 bridgehead atoms. The fourth-order valence-electron chi connectivity index (χ4n) is 2.92. The number of allylic oxidation sites excluding steroid dienone is 2. The molecule has 2 aliphatic rings. The third-order valence-electron chi connectivity index (χ3n) is 4.29. The van der Waals surface area contributed by atoms with Crippen molar-refractivity contribution >= 4 is 6.21 Å². The fraction of sp³-hybridized carbons (Fsp3) is 0.471. The van der Waals surface area contributed by atoms with Crippen LogP contribution in [0.15, 0.2) is 41.4 Å². The van der Waals surface area contributed by atoms with Gasteiger partial charge in [0.25, 0.3) is 0 Å². The normalized spacial score (nSPS) is 33.8. The van der Waals surface area contributed by atoms with E-state index in [0.29, 0.717) is 0 Å². The van der Waals surface area contributed by atoms with Gasteiger partial charge in [-0.25, -0.2) is 0 Å². The van der Waals surface area contributed by atoms with Crippen LogP contribution in [0, 0.1) is 0 Å². The van der Waals surface area contributed by atoms with Crippen LogP contribution in [0.3, 0.4) is 0 Å². The highest BCUT2D eigenvalue weighted by molar-refractivity contribution is 5.73. The zero-order valence-electron chi connectivity index (χ0n) is 11.9. The van der Waals surface area contributed by atoms with E-state index < -0.39 is 0 Å². The first kappa shape index (κ1) is 13.1. The van der Waals surface area contributed by atoms with Gasteiger partial charge >= 0.3 is 0 Å². The number of rotatable bonds is 0. The average molecular weight is 241 g/mol. The zero-order chi connectivity index (χ0) is 13.2. The second-order valence-corrected chi connectivity index (χ2v) is 5.35. The molecule has 0 aromatic heterocycles. The minimum Gasteiger partial charge on any atom is -0.286 e. The lowest BCUT2D eigenvalue weighted by molar-refractivity contribution is 0.612. The van der Waals surface area contributed by atoms with Gasteiger partial charge in [-0.2, -0.15) is 0 Å². The maximum absolute atomic E-state index is 4.71. The molecule has 18 heavy (non-hydrogen) atoms. The molecule has 3 rings (SSSR count). The molecule has 0 N–H and O–H groups in total. The summed E-state index contributed by atoms with van der Waals surface area (Å²) in [7, 11) is 0. The SMILES string of the molecule is CC.CC12CC1(C)c1ccccc1C/C=C\C=N2. The average Bonchev–Trinajstić information content (AvgIpc) is 2.94. The third-order valence-corrected chi connectivity index (χ3v) is 4.29. The standard InChI is InChI=1S/C15H17N.C2H6/c1-14-11-15(14,2)16-10-6-5-8-12-7-3-4-9-13(12)14;1-2/h3-7,9-10H,8,11H2,1-2H3;1-2H3/b6-5-,16-10?;. The summed E-state index contributed by atoms with van der Waals surface area (Å²) in [5.41, 5.74) is 3.29. The predicted molar refractivity (Wildman–Crippen MR) is 79.5 cm³/mol. The quantitative estimate of drug-likeness (QED) is 0.641. The zero-order valence-corrected chi connectivity index (χ0v) is 11.9. The molecule has 1 heteroatoms. The first-order chi connectivity index (χ1) is 8.66. The number of aliphatic imine (C=N–C) groups is 1. The Morgan fingerprint density at radius 1 is 1.11 bits per heavy atom. The number of fused-ring (bicyclic) bond motifs is 3. The minimum atomic E-state index is 0.109. The van der Waals surface area contributed by atoms with Crippen molar-refractivity contribution in [2.75, 3.05) is 0 Å². The monoisotopic (exact) mass is 241 g/mol. The molecule has 0 spiro atoms. The maximum Gasteiger partial charge on any atom is 0.0683 e. The second kappa shape index (κ2) is 4.72. The first-order valence-corrected chi connectivity index (χ1v) is 6.94. The van der Waals surface area contributed by atoms with Gasteiger partial charge in [0, 0.05) is 11.6 Å². The molecule has 0 amide bonds. The van der Waals surface area contributed by atoms with E-state index in [1.54, 1.807) is 0 Å². The van der Waals surface area contributed by atoms with Gasteiger partial charge in [0.1, 0.15) is 0 Å². The van der Waals surface area contributed by atoms with Crippen molar-refractivity contribution in [3.8, 4) is 0 Å². The smallest absolute Gasteiger partial charge is 0.0683 e. The Bertz CT molecular complexity index is 486. The van der Waals surface area contributed by atoms with Crippen LogP contribution in [0.25, 0.3) is 0 Å². The van der Waals surface area contributed by atoms with Crippen LogP contribution in [0.2, 0.25) is 0 Å². The summed E-state index contributed by atoms with van der Waals surface area (Å²) in [6.07, 6.45) is 8.43. The molecule has 96 valence electrons. The lowest BCUT2D eigenvalue weighted by Gasteiger charge is -2.18. The number of nitrogens with zero attached hydrogens (tertiary/aromatic N) is 1. The van der Waals surface area contributed by atoms with Gasteiger partial charge in [-0.05, 0) is 37.0 Å². The summed E-state index contributed by atoms with van der Waals surface area (Å²) in [6, 6.07) is 8.80. The molecule has 2 atom stereocenters. The molecular formula is C17H23N. The van der Waals surface area contributed by atoms with Crippen LogP contribution < -0.4 is 0 Å². The van der Waals surface area contributed by atoms with Crippen LogP contribution in [-0.4, -0.2) is 11.8 Å². The molecule has 1 fully saturated rings. The van der Waals surface area contributed by atoms with E-state index in [1.807, 2.05) is 20.1 Å². The molecule has 0 saturated heterocycles. The van der Waals surface area contributed by atoms with Crippen LogP contribution in [0.5, 0.6) is 0 Å². The number of hydrogen-bond donors (Lipinski definition) is 0. The van der Waals surface area contributed by atoms with Gasteiger partial charge in [-0.15, -0.1) is 0 Å². The summed E-state index contributed by atoms with van der Waals surface area (Å²) in [4.78, 5) is 4.71. The summed E-state index contributed by atoms with van der Waals surface area (Å²) in [5, 5.41) is 0. The largest absolute Gasteiger partial charge is 0.286 e. The highest BCUT2D eigenvalue weighted by Crippen LogP contribution is 2.60. The van der Waals surface area contributed by atoms with E-state index >= 15 is 0 Å². The molecular weight excluding hydrogens is 218 g/mol. The molecule has 1 nitrogen and oxygen atoms in total. The molecule has 1 aliphatic heterocycles. The molecule has 0 radical (unpaired) electrons. The Morgan fingerprint density at radius 2 is 1.83 bits per heavy atom. The van der Waals surface area contributed by atoms with Gasteiger partial charge in [0.15, 0.2) is 0 Å². The van der Waals surface area contributed by atoms with E-state index in [0.717, 1.165) is 6.42 Å². The van der Waals surface area contributed by atoms with Crippen molar-refractivity contribution in [3.05, 3.63) is 47.5 Å². The molecule has 1 aromatic rings. The van der Waals surface area contributed by atoms with Crippen molar-refractivity contribution in [3.63, 3.8) is 0 Å². The van der Waals surface area contributed by atoms with Gasteiger partial charge in [0.2, 0.25) is 0 Å². The highest BCUT2D eigenvalue weighted by atomic mass is 15.0. The van der Waals surface area contributed by atoms with Gasteiger partial charge in [-0.1, -0.05) is 51.1 Å². The summed E-state index contributed by atoms with van der Waals surface area (Å²) >= 11 is 0. The van der Waals surface area contributed by atoms with Crippen molar-refractivity contribution in [2.24, 2.45) is 4.99 Å². The van der Waals surface area contributed by atoms with Gasteiger partial charge < -0.3 is 0 Å². The Morgan fingerprint density at radius 3 is 2.61 bits per heavy atom. The summed E-state index contributed by atoms with van der Waals surface area (Å²) in [6.45, 7) is 8.61. The lowest BCUT2D eigenvalue weighted by Crippen LogP contribution is -2.17. The molecule has 1 heterocycles. The Balaban J connectivity index is 0.000000574. The van der Waals surface area contributed by atoms with E-state index in [4.69, 9.17) is 4.99 Å². The first-order valence-electron chi connectivity index (χ1n) is 6.94. The van der Waals surface area contributed by atoms with Crippen LogP contribution in [0.4, 0.5) is 0 Å². The lowest BCUT2D eigenvalue weighted by atomic mass is 9.88.